The number of guanidine groups is 1. The fourth-order valence-corrected chi connectivity index (χ4v) is 0.916. The average Bonchev–Trinajstić information content (AvgIpc) is 2.00. The predicted molar refractivity (Wildman–Crippen MR) is 50.5 cm³/mol. The molecule has 0 rings (SSSR count). The van der Waals surface area contributed by atoms with Crippen LogP contribution in [0.3, 0.4) is 0 Å². The van der Waals surface area contributed by atoms with E-state index in [1.165, 1.54) is 0 Å². The number of carboxylic acids is 1. The molecule has 7 heteroatoms. The fraction of sp³-hybridized carbons (Fsp3) is 0.667. The lowest BCUT2D eigenvalue weighted by Crippen LogP contribution is -2.33. The van der Waals surface area contributed by atoms with Crippen molar-refractivity contribution in [3.63, 3.8) is 0 Å². The number of hydrogen-bond acceptors (Lipinski definition) is 3. The van der Waals surface area contributed by atoms with E-state index in [4.69, 9.17) is 33.9 Å². The number of carbonyl (C=O) groups is 1. The minimum Gasteiger partial charge on any atom is -0.480 e. The number of halogens is 1. The topological polar surface area (TPSA) is 128 Å². The molecule has 1 unspecified atom stereocenters. The first kappa shape index (κ1) is 12.0. The van der Waals surface area contributed by atoms with Gasteiger partial charge in [0.2, 0.25) is 0 Å². The van der Waals surface area contributed by atoms with Gasteiger partial charge in [-0.1, -0.05) is 0 Å². The molecule has 13 heavy (non-hydrogen) atoms. The molecular formula is C6H13ClN4O2. The van der Waals surface area contributed by atoms with Crippen molar-refractivity contribution in [2.75, 3.05) is 6.54 Å². The maximum absolute atomic E-state index is 10.3. The van der Waals surface area contributed by atoms with E-state index in [9.17, 15) is 4.79 Å². The highest BCUT2D eigenvalue weighted by Crippen LogP contribution is 2.05. The summed E-state index contributed by atoms with van der Waals surface area (Å²) in [6.07, 6.45) is 0.133. The van der Waals surface area contributed by atoms with Gasteiger partial charge >= 0.3 is 5.97 Å². The Morgan fingerprint density at radius 1 is 1.54 bits per heavy atom. The number of hydrogen-bond donors (Lipinski definition) is 4. The predicted octanol–water partition coefficient (Wildman–Crippen LogP) is -1.33. The summed E-state index contributed by atoms with van der Waals surface area (Å²) in [4.78, 5) is 13.9. The van der Waals surface area contributed by atoms with Gasteiger partial charge in [-0.05, 0) is 6.42 Å². The zero-order valence-corrected chi connectivity index (χ0v) is 7.74. The van der Waals surface area contributed by atoms with Crippen molar-refractivity contribution in [1.82, 2.24) is 0 Å². The largest absolute Gasteiger partial charge is 0.480 e. The van der Waals surface area contributed by atoms with Gasteiger partial charge in [0.05, 0.1) is 11.9 Å². The molecule has 0 heterocycles. The van der Waals surface area contributed by atoms with Crippen molar-refractivity contribution in [3.8, 4) is 0 Å². The molecule has 0 amide bonds. The molecule has 0 saturated heterocycles. The third kappa shape index (κ3) is 6.18. The van der Waals surface area contributed by atoms with E-state index in [-0.39, 0.29) is 18.9 Å². The Morgan fingerprint density at radius 2 is 2.08 bits per heavy atom. The summed E-state index contributed by atoms with van der Waals surface area (Å²) in [6, 6.07) is -0.975. The summed E-state index contributed by atoms with van der Waals surface area (Å²) in [7, 11) is 0. The zero-order chi connectivity index (χ0) is 10.4. The van der Waals surface area contributed by atoms with Crippen LogP contribution in [0.1, 0.15) is 6.42 Å². The standard InChI is InChI=1S/C6H13ClN4O2/c7-3(2-11-6(9)10)1-4(8)5(12)13/h3-4H,1-2,8H2,(H,12,13)(H4,9,10,11)/t3?,4-/m1/s1. The van der Waals surface area contributed by atoms with Crippen LogP contribution in [0.4, 0.5) is 0 Å². The van der Waals surface area contributed by atoms with E-state index < -0.39 is 17.4 Å². The quantitative estimate of drug-likeness (QED) is 0.253. The average molecular weight is 209 g/mol. The maximum atomic E-state index is 10.3. The molecule has 7 N–H and O–H groups in total. The number of nitrogens with zero attached hydrogens (tertiary/aromatic N) is 1. The molecular weight excluding hydrogens is 196 g/mol. The lowest BCUT2D eigenvalue weighted by Gasteiger charge is -2.09. The smallest absolute Gasteiger partial charge is 0.320 e. The Kier molecular flexibility index (Phi) is 5.17. The van der Waals surface area contributed by atoms with Crippen LogP contribution in [-0.4, -0.2) is 35.0 Å². The Hall–Kier alpha value is -1.01. The Balaban J connectivity index is 3.80. The van der Waals surface area contributed by atoms with E-state index in [1.54, 1.807) is 0 Å². The number of nitrogens with two attached hydrogens (primary N) is 3. The lowest BCUT2D eigenvalue weighted by molar-refractivity contribution is -0.138. The summed E-state index contributed by atoms with van der Waals surface area (Å²) in [5.74, 6) is -1.16. The summed E-state index contributed by atoms with van der Waals surface area (Å²) < 4.78 is 0. The van der Waals surface area contributed by atoms with E-state index in [0.29, 0.717) is 0 Å². The van der Waals surface area contributed by atoms with Crippen LogP contribution in [0, 0.1) is 0 Å². The van der Waals surface area contributed by atoms with Crippen molar-refractivity contribution < 1.29 is 9.90 Å². The highest BCUT2D eigenvalue weighted by Gasteiger charge is 2.16. The van der Waals surface area contributed by atoms with Crippen molar-refractivity contribution in [1.29, 1.82) is 0 Å². The molecule has 0 aliphatic rings. The van der Waals surface area contributed by atoms with E-state index in [0.717, 1.165) is 0 Å². The summed E-state index contributed by atoms with van der Waals surface area (Å²) >= 11 is 5.70. The van der Waals surface area contributed by atoms with Crippen molar-refractivity contribution in [2.45, 2.75) is 17.8 Å². The zero-order valence-electron chi connectivity index (χ0n) is 6.98. The molecule has 0 aromatic heterocycles. The second-order valence-electron chi connectivity index (χ2n) is 2.54. The molecule has 0 bridgehead atoms. The molecule has 0 aliphatic carbocycles. The Bertz CT molecular complexity index is 205. The molecule has 76 valence electrons. The first-order valence-corrected chi connectivity index (χ1v) is 4.05. The number of carboxylic acid groups (broad SMARTS) is 1. The minimum atomic E-state index is -1.09. The first-order valence-electron chi connectivity index (χ1n) is 3.61. The van der Waals surface area contributed by atoms with Crippen molar-refractivity contribution in [2.24, 2.45) is 22.2 Å². The van der Waals surface area contributed by atoms with Gasteiger partial charge in [0, 0.05) is 0 Å². The van der Waals surface area contributed by atoms with Crippen LogP contribution in [-0.2, 0) is 4.79 Å². The van der Waals surface area contributed by atoms with Crippen molar-refractivity contribution >= 4 is 23.5 Å². The summed E-state index contributed by atoms with van der Waals surface area (Å²) in [6.45, 7) is 0.171. The van der Waals surface area contributed by atoms with Gasteiger partial charge in [-0.15, -0.1) is 11.6 Å². The number of aliphatic carboxylic acids is 1. The lowest BCUT2D eigenvalue weighted by atomic mass is 10.1. The van der Waals surface area contributed by atoms with Crippen LogP contribution in [0.15, 0.2) is 4.99 Å². The third-order valence-corrected chi connectivity index (χ3v) is 1.62. The van der Waals surface area contributed by atoms with Crippen LogP contribution < -0.4 is 17.2 Å². The van der Waals surface area contributed by atoms with Crippen LogP contribution in [0.25, 0.3) is 0 Å². The second kappa shape index (κ2) is 5.60. The molecule has 0 radical (unpaired) electrons. The molecule has 0 aromatic carbocycles. The van der Waals surface area contributed by atoms with E-state index >= 15 is 0 Å². The Labute approximate surface area is 80.7 Å². The monoisotopic (exact) mass is 208 g/mol. The maximum Gasteiger partial charge on any atom is 0.320 e. The summed E-state index contributed by atoms with van der Waals surface area (Å²) in [5, 5.41) is 7.97. The molecule has 0 aliphatic heterocycles. The molecule has 0 fully saturated rings. The minimum absolute atomic E-state index is 0.0745. The van der Waals surface area contributed by atoms with Gasteiger partial charge in [0.25, 0.3) is 0 Å². The number of rotatable bonds is 5. The number of aliphatic imine (C=N–C) groups is 1. The van der Waals surface area contributed by atoms with Gasteiger partial charge in [0.1, 0.15) is 6.04 Å². The van der Waals surface area contributed by atoms with Crippen molar-refractivity contribution in [3.05, 3.63) is 0 Å². The van der Waals surface area contributed by atoms with E-state index in [1.807, 2.05) is 0 Å². The van der Waals surface area contributed by atoms with Gasteiger partial charge in [-0.25, -0.2) is 0 Å². The van der Waals surface area contributed by atoms with Crippen LogP contribution >= 0.6 is 11.6 Å². The molecule has 0 spiro atoms. The van der Waals surface area contributed by atoms with Gasteiger partial charge in [0.15, 0.2) is 5.96 Å². The molecule has 2 atom stereocenters. The van der Waals surface area contributed by atoms with Gasteiger partial charge in [-0.3, -0.25) is 9.79 Å². The third-order valence-electron chi connectivity index (χ3n) is 1.30. The molecule has 6 nitrogen and oxygen atoms in total. The Morgan fingerprint density at radius 3 is 2.46 bits per heavy atom. The second-order valence-corrected chi connectivity index (χ2v) is 3.16. The van der Waals surface area contributed by atoms with E-state index in [2.05, 4.69) is 4.99 Å². The highest BCUT2D eigenvalue weighted by atomic mass is 35.5. The highest BCUT2D eigenvalue weighted by molar-refractivity contribution is 6.21. The first-order chi connectivity index (χ1) is 5.93. The molecule has 0 aromatic rings. The van der Waals surface area contributed by atoms with Gasteiger partial charge in [-0.2, -0.15) is 0 Å². The fourth-order valence-electron chi connectivity index (χ4n) is 0.655. The normalized spacial score (nSPS) is 14.6. The van der Waals surface area contributed by atoms with Crippen LogP contribution in [0.5, 0.6) is 0 Å². The summed E-state index contributed by atoms with van der Waals surface area (Å²) in [5.41, 5.74) is 15.3. The molecule has 0 saturated carbocycles. The van der Waals surface area contributed by atoms with Gasteiger partial charge < -0.3 is 22.3 Å². The SMILES string of the molecule is NC(N)=NCC(Cl)C[C@@H](N)C(=O)O. The number of alkyl halides is 1. The van der Waals surface area contributed by atoms with Crippen LogP contribution in [0.2, 0.25) is 0 Å².